The maximum absolute atomic E-state index is 5.91. The van der Waals surface area contributed by atoms with Gasteiger partial charge in [-0.1, -0.05) is 11.2 Å². The maximum atomic E-state index is 5.91. The summed E-state index contributed by atoms with van der Waals surface area (Å²) in [6, 6.07) is 7.81. The predicted molar refractivity (Wildman–Crippen MR) is 65.0 cm³/mol. The van der Waals surface area contributed by atoms with Crippen LogP contribution in [0.15, 0.2) is 28.8 Å². The third-order valence-electron chi connectivity index (χ3n) is 2.67. The van der Waals surface area contributed by atoms with E-state index in [9.17, 15) is 0 Å². The normalized spacial score (nSPS) is 11.2. The zero-order valence-corrected chi connectivity index (χ0v) is 9.64. The van der Waals surface area contributed by atoms with E-state index in [2.05, 4.69) is 10.1 Å². The smallest absolute Gasteiger partial charge is 0.238 e. The van der Waals surface area contributed by atoms with Gasteiger partial charge >= 0.3 is 0 Å². The maximum Gasteiger partial charge on any atom is 0.238 e. The number of benzene rings is 1. The fraction of sp³-hybridized carbons (Fsp3) is 0.167. The minimum absolute atomic E-state index is 0.404. The zero-order valence-electron chi connectivity index (χ0n) is 9.64. The number of nitrogens with zero attached hydrogens (tertiary/aromatic N) is 3. The van der Waals surface area contributed by atoms with E-state index in [-0.39, 0.29) is 0 Å². The molecular formula is C12H12N4O. The number of rotatable bonds is 1. The molecule has 86 valence electrons. The molecule has 3 rings (SSSR count). The van der Waals surface area contributed by atoms with Crippen LogP contribution in [-0.4, -0.2) is 14.7 Å². The summed E-state index contributed by atoms with van der Waals surface area (Å²) in [6.45, 7) is 3.90. The van der Waals surface area contributed by atoms with Crippen LogP contribution in [0.1, 0.15) is 11.3 Å². The molecular weight excluding hydrogens is 216 g/mol. The molecule has 0 bridgehead atoms. The molecule has 0 unspecified atom stereocenters. The summed E-state index contributed by atoms with van der Waals surface area (Å²) >= 11 is 0. The van der Waals surface area contributed by atoms with Crippen molar-refractivity contribution in [3.05, 3.63) is 35.5 Å². The van der Waals surface area contributed by atoms with Gasteiger partial charge in [0, 0.05) is 6.07 Å². The van der Waals surface area contributed by atoms with Crippen LogP contribution in [0.3, 0.4) is 0 Å². The standard InChI is InChI=1S/C12H12N4O/c1-7-3-4-9-10(5-7)16(12(13)14-9)11-6-8(2)15-17-11/h3-6H,1-2H3,(H2,13,14). The lowest BCUT2D eigenvalue weighted by atomic mass is 10.2. The number of fused-ring (bicyclic) bond motifs is 1. The molecule has 0 fully saturated rings. The predicted octanol–water partition coefficient (Wildman–Crippen LogP) is 2.21. The van der Waals surface area contributed by atoms with Gasteiger partial charge in [0.15, 0.2) is 0 Å². The van der Waals surface area contributed by atoms with Gasteiger partial charge < -0.3 is 10.3 Å². The number of aryl methyl sites for hydroxylation is 2. The quantitative estimate of drug-likeness (QED) is 0.693. The highest BCUT2D eigenvalue weighted by Gasteiger charge is 2.13. The summed E-state index contributed by atoms with van der Waals surface area (Å²) in [5, 5.41) is 3.86. The molecule has 0 spiro atoms. The molecule has 1 aromatic carbocycles. The van der Waals surface area contributed by atoms with Gasteiger partial charge in [-0.05, 0) is 31.5 Å². The Labute approximate surface area is 97.8 Å². The van der Waals surface area contributed by atoms with E-state index in [1.54, 1.807) is 4.57 Å². The number of anilines is 1. The summed E-state index contributed by atoms with van der Waals surface area (Å²) in [5.41, 5.74) is 9.65. The van der Waals surface area contributed by atoms with Crippen molar-refractivity contribution in [3.63, 3.8) is 0 Å². The second kappa shape index (κ2) is 3.35. The van der Waals surface area contributed by atoms with Crippen LogP contribution in [-0.2, 0) is 0 Å². The molecule has 0 aliphatic heterocycles. The highest BCUT2D eigenvalue weighted by molar-refractivity contribution is 5.80. The van der Waals surface area contributed by atoms with Crippen molar-refractivity contribution < 1.29 is 4.52 Å². The summed E-state index contributed by atoms with van der Waals surface area (Å²) in [5.74, 6) is 0.995. The monoisotopic (exact) mass is 228 g/mol. The van der Waals surface area contributed by atoms with Gasteiger partial charge in [-0.15, -0.1) is 0 Å². The second-order valence-corrected chi connectivity index (χ2v) is 4.10. The van der Waals surface area contributed by atoms with Gasteiger partial charge in [-0.3, -0.25) is 0 Å². The third kappa shape index (κ3) is 1.47. The van der Waals surface area contributed by atoms with Gasteiger partial charge in [0.05, 0.1) is 16.7 Å². The van der Waals surface area contributed by atoms with E-state index >= 15 is 0 Å². The molecule has 0 aliphatic carbocycles. The third-order valence-corrected chi connectivity index (χ3v) is 2.67. The molecule has 0 saturated heterocycles. The van der Waals surface area contributed by atoms with Crippen LogP contribution in [0.5, 0.6) is 0 Å². The number of hydrogen-bond donors (Lipinski definition) is 1. The minimum atomic E-state index is 0.404. The van der Waals surface area contributed by atoms with Crippen molar-refractivity contribution in [2.24, 2.45) is 0 Å². The van der Waals surface area contributed by atoms with Gasteiger partial charge in [-0.25, -0.2) is 9.55 Å². The molecule has 2 N–H and O–H groups in total. The zero-order chi connectivity index (χ0) is 12.0. The Hall–Kier alpha value is -2.30. The van der Waals surface area contributed by atoms with Crippen molar-refractivity contribution in [1.82, 2.24) is 14.7 Å². The van der Waals surface area contributed by atoms with E-state index in [1.165, 1.54) is 0 Å². The van der Waals surface area contributed by atoms with Crippen molar-refractivity contribution in [1.29, 1.82) is 0 Å². The number of aromatic nitrogens is 3. The first-order chi connectivity index (χ1) is 8.15. The topological polar surface area (TPSA) is 69.9 Å². The van der Waals surface area contributed by atoms with E-state index in [0.29, 0.717) is 11.8 Å². The Morgan fingerprint density at radius 3 is 2.76 bits per heavy atom. The molecule has 2 heterocycles. The van der Waals surface area contributed by atoms with Crippen LogP contribution in [0, 0.1) is 13.8 Å². The molecule has 5 nitrogen and oxygen atoms in total. The number of imidazole rings is 1. The Kier molecular flexibility index (Phi) is 1.95. The Morgan fingerprint density at radius 1 is 1.24 bits per heavy atom. The Balaban J connectivity index is 2.34. The largest absolute Gasteiger partial charge is 0.369 e. The first kappa shape index (κ1) is 9.89. The van der Waals surface area contributed by atoms with E-state index in [0.717, 1.165) is 22.3 Å². The van der Waals surface area contributed by atoms with Crippen LogP contribution < -0.4 is 5.73 Å². The summed E-state index contributed by atoms with van der Waals surface area (Å²) in [6.07, 6.45) is 0. The lowest BCUT2D eigenvalue weighted by Gasteiger charge is -2.00. The molecule has 0 aliphatic rings. The Morgan fingerprint density at radius 2 is 2.06 bits per heavy atom. The van der Waals surface area contributed by atoms with Crippen molar-refractivity contribution in [2.45, 2.75) is 13.8 Å². The lowest BCUT2D eigenvalue weighted by molar-refractivity contribution is 0.404. The number of nitrogens with two attached hydrogens (primary N) is 1. The van der Waals surface area contributed by atoms with Gasteiger partial charge in [-0.2, -0.15) is 0 Å². The molecule has 0 atom stereocenters. The summed E-state index contributed by atoms with van der Waals surface area (Å²) in [4.78, 5) is 4.29. The van der Waals surface area contributed by atoms with Crippen molar-refractivity contribution in [3.8, 4) is 5.88 Å². The fourth-order valence-corrected chi connectivity index (χ4v) is 1.89. The van der Waals surface area contributed by atoms with Crippen LogP contribution >= 0.6 is 0 Å². The SMILES string of the molecule is Cc1ccc2nc(N)n(-c3cc(C)no3)c2c1. The highest BCUT2D eigenvalue weighted by Crippen LogP contribution is 2.24. The Bertz CT molecular complexity index is 696. The first-order valence-corrected chi connectivity index (χ1v) is 5.33. The second-order valence-electron chi connectivity index (χ2n) is 4.10. The van der Waals surface area contributed by atoms with Crippen molar-refractivity contribution in [2.75, 3.05) is 5.73 Å². The molecule has 0 saturated carbocycles. The molecule has 5 heteroatoms. The summed E-state index contributed by atoms with van der Waals surface area (Å²) < 4.78 is 7.00. The molecule has 2 aromatic heterocycles. The van der Waals surface area contributed by atoms with Gasteiger partial charge in [0.25, 0.3) is 0 Å². The average molecular weight is 228 g/mol. The highest BCUT2D eigenvalue weighted by atomic mass is 16.5. The van der Waals surface area contributed by atoms with Crippen LogP contribution in [0.2, 0.25) is 0 Å². The van der Waals surface area contributed by atoms with Crippen LogP contribution in [0.25, 0.3) is 16.9 Å². The van der Waals surface area contributed by atoms with Crippen LogP contribution in [0.4, 0.5) is 5.95 Å². The van der Waals surface area contributed by atoms with Gasteiger partial charge in [0.1, 0.15) is 0 Å². The fourth-order valence-electron chi connectivity index (χ4n) is 1.89. The van der Waals surface area contributed by atoms with Gasteiger partial charge in [0.2, 0.25) is 11.8 Å². The van der Waals surface area contributed by atoms with Crippen molar-refractivity contribution >= 4 is 17.0 Å². The molecule has 17 heavy (non-hydrogen) atoms. The van der Waals surface area contributed by atoms with E-state index in [4.69, 9.17) is 10.3 Å². The number of hydrogen-bond acceptors (Lipinski definition) is 4. The molecule has 3 aromatic rings. The summed E-state index contributed by atoms with van der Waals surface area (Å²) in [7, 11) is 0. The first-order valence-electron chi connectivity index (χ1n) is 5.33. The molecule has 0 amide bonds. The lowest BCUT2D eigenvalue weighted by Crippen LogP contribution is -1.99. The molecule has 0 radical (unpaired) electrons. The van der Waals surface area contributed by atoms with E-state index < -0.39 is 0 Å². The van der Waals surface area contributed by atoms with E-state index in [1.807, 2.05) is 38.1 Å². The average Bonchev–Trinajstić information content (AvgIpc) is 2.81. The minimum Gasteiger partial charge on any atom is -0.369 e. The number of nitrogen functional groups attached to an aromatic ring is 1.